The Hall–Kier alpha value is -3.01. The maximum atomic E-state index is 11.7. The first-order valence-electron chi connectivity index (χ1n) is 10.5. The van der Waals surface area contributed by atoms with E-state index in [4.69, 9.17) is 0 Å². The summed E-state index contributed by atoms with van der Waals surface area (Å²) in [6.07, 6.45) is 6.55. The van der Waals surface area contributed by atoms with Crippen molar-refractivity contribution >= 4 is 39.0 Å². The normalized spacial score (nSPS) is 14.9. The van der Waals surface area contributed by atoms with Crippen LogP contribution < -0.4 is 4.90 Å². The molecule has 1 saturated heterocycles. The molecule has 172 valence electrons. The van der Waals surface area contributed by atoms with Gasteiger partial charge in [0.1, 0.15) is 12.1 Å². The average Bonchev–Trinajstić information content (AvgIpc) is 3.34. The number of benzene rings is 2. The highest BCUT2D eigenvalue weighted by Crippen LogP contribution is 2.29. The van der Waals surface area contributed by atoms with E-state index in [0.717, 1.165) is 66.1 Å². The van der Waals surface area contributed by atoms with Gasteiger partial charge in [0.25, 0.3) is 0 Å². The SMILES string of the molecule is CS(=O)(=O)c1ccc(CN2CCN(c3ncnc4ccc(-c5cn[nH]c5)cc34)CC2)cc1.Cl. The summed E-state index contributed by atoms with van der Waals surface area (Å²) in [5.74, 6) is 0.956. The van der Waals surface area contributed by atoms with E-state index in [1.807, 2.05) is 30.6 Å². The lowest BCUT2D eigenvalue weighted by molar-refractivity contribution is 0.249. The molecule has 1 aliphatic rings. The van der Waals surface area contributed by atoms with Gasteiger partial charge in [-0.25, -0.2) is 18.4 Å². The summed E-state index contributed by atoms with van der Waals surface area (Å²) in [7, 11) is -3.16. The van der Waals surface area contributed by atoms with Gasteiger partial charge in [-0.2, -0.15) is 5.10 Å². The minimum atomic E-state index is -3.16. The number of sulfone groups is 1. The van der Waals surface area contributed by atoms with Gasteiger partial charge < -0.3 is 4.90 Å². The Kier molecular flexibility index (Phi) is 6.64. The molecule has 0 radical (unpaired) electrons. The number of rotatable bonds is 5. The Labute approximate surface area is 199 Å². The van der Waals surface area contributed by atoms with Crippen LogP contribution in [0.5, 0.6) is 0 Å². The van der Waals surface area contributed by atoms with Crippen molar-refractivity contribution < 1.29 is 8.42 Å². The minimum Gasteiger partial charge on any atom is -0.353 e. The van der Waals surface area contributed by atoms with E-state index >= 15 is 0 Å². The number of nitrogens with one attached hydrogen (secondary N) is 1. The molecule has 5 rings (SSSR count). The molecule has 1 N–H and O–H groups in total. The zero-order valence-electron chi connectivity index (χ0n) is 18.2. The molecular weight excluding hydrogens is 460 g/mol. The third kappa shape index (κ3) is 5.00. The van der Waals surface area contributed by atoms with E-state index in [0.29, 0.717) is 4.90 Å². The van der Waals surface area contributed by atoms with Crippen molar-refractivity contribution in [1.29, 1.82) is 0 Å². The number of fused-ring (bicyclic) bond motifs is 1. The highest BCUT2D eigenvalue weighted by Gasteiger charge is 2.20. The molecule has 3 heterocycles. The first-order valence-corrected chi connectivity index (χ1v) is 12.4. The summed E-state index contributed by atoms with van der Waals surface area (Å²) in [4.78, 5) is 14.1. The molecule has 33 heavy (non-hydrogen) atoms. The molecule has 1 fully saturated rings. The lowest BCUT2D eigenvalue weighted by atomic mass is 10.1. The van der Waals surface area contributed by atoms with Crippen molar-refractivity contribution in [3.05, 3.63) is 66.7 Å². The van der Waals surface area contributed by atoms with E-state index < -0.39 is 9.84 Å². The fourth-order valence-electron chi connectivity index (χ4n) is 4.10. The van der Waals surface area contributed by atoms with E-state index in [1.165, 1.54) is 6.26 Å². The van der Waals surface area contributed by atoms with Gasteiger partial charge in [0, 0.05) is 56.1 Å². The van der Waals surface area contributed by atoms with Gasteiger partial charge in [-0.1, -0.05) is 18.2 Å². The Balaban J connectivity index is 0.00000259. The second kappa shape index (κ2) is 9.46. The summed E-state index contributed by atoms with van der Waals surface area (Å²) in [6.45, 7) is 4.33. The number of anilines is 1. The van der Waals surface area contributed by atoms with Crippen LogP contribution in [-0.4, -0.2) is 65.9 Å². The van der Waals surface area contributed by atoms with Crippen LogP contribution in [0.2, 0.25) is 0 Å². The Morgan fingerprint density at radius 2 is 1.73 bits per heavy atom. The van der Waals surface area contributed by atoms with Crippen LogP contribution in [0.4, 0.5) is 5.82 Å². The Morgan fingerprint density at radius 1 is 0.970 bits per heavy atom. The lowest BCUT2D eigenvalue weighted by Gasteiger charge is -2.35. The largest absolute Gasteiger partial charge is 0.353 e. The molecule has 0 amide bonds. The van der Waals surface area contributed by atoms with E-state index in [-0.39, 0.29) is 12.4 Å². The van der Waals surface area contributed by atoms with Crippen LogP contribution in [-0.2, 0) is 16.4 Å². The number of nitrogens with zero attached hydrogens (tertiary/aromatic N) is 5. The second-order valence-electron chi connectivity index (χ2n) is 8.10. The quantitative estimate of drug-likeness (QED) is 0.465. The van der Waals surface area contributed by atoms with Crippen molar-refractivity contribution in [2.75, 3.05) is 37.3 Å². The van der Waals surface area contributed by atoms with Gasteiger partial charge in [0.05, 0.1) is 16.6 Å². The molecule has 0 bridgehead atoms. The third-order valence-corrected chi connectivity index (χ3v) is 7.00. The first-order chi connectivity index (χ1) is 15.5. The van der Waals surface area contributed by atoms with Crippen molar-refractivity contribution in [3.8, 4) is 11.1 Å². The zero-order valence-corrected chi connectivity index (χ0v) is 19.8. The van der Waals surface area contributed by atoms with Crippen LogP contribution >= 0.6 is 12.4 Å². The number of H-pyrrole nitrogens is 1. The number of hydrogen-bond acceptors (Lipinski definition) is 7. The maximum absolute atomic E-state index is 11.7. The molecule has 10 heteroatoms. The molecule has 0 saturated carbocycles. The number of aromatic amines is 1. The summed E-state index contributed by atoms with van der Waals surface area (Å²) < 4.78 is 23.3. The molecule has 0 spiro atoms. The van der Waals surface area contributed by atoms with Crippen LogP contribution in [0, 0.1) is 0 Å². The van der Waals surface area contributed by atoms with E-state index in [9.17, 15) is 8.42 Å². The molecule has 0 unspecified atom stereocenters. The molecule has 2 aromatic carbocycles. The topological polar surface area (TPSA) is 95.1 Å². The number of halogens is 1. The lowest BCUT2D eigenvalue weighted by Crippen LogP contribution is -2.46. The van der Waals surface area contributed by atoms with E-state index in [2.05, 4.69) is 42.1 Å². The molecular formula is C23H25ClN6O2S. The van der Waals surface area contributed by atoms with Crippen LogP contribution in [0.3, 0.4) is 0 Å². The average molecular weight is 485 g/mol. The fraction of sp³-hybridized carbons (Fsp3) is 0.261. The van der Waals surface area contributed by atoms with Crippen molar-refractivity contribution in [2.24, 2.45) is 0 Å². The molecule has 1 aliphatic heterocycles. The summed E-state index contributed by atoms with van der Waals surface area (Å²) in [6, 6.07) is 13.4. The van der Waals surface area contributed by atoms with Gasteiger partial charge >= 0.3 is 0 Å². The van der Waals surface area contributed by atoms with Gasteiger partial charge in [0.2, 0.25) is 0 Å². The number of aromatic nitrogens is 4. The maximum Gasteiger partial charge on any atom is 0.175 e. The minimum absolute atomic E-state index is 0. The summed E-state index contributed by atoms with van der Waals surface area (Å²) >= 11 is 0. The van der Waals surface area contributed by atoms with Crippen molar-refractivity contribution in [2.45, 2.75) is 11.4 Å². The van der Waals surface area contributed by atoms with Gasteiger partial charge in [0.15, 0.2) is 9.84 Å². The number of piperazine rings is 1. The highest BCUT2D eigenvalue weighted by atomic mass is 35.5. The predicted molar refractivity (Wildman–Crippen MR) is 131 cm³/mol. The Bertz CT molecular complexity index is 1340. The van der Waals surface area contributed by atoms with Crippen LogP contribution in [0.1, 0.15) is 5.56 Å². The summed E-state index contributed by atoms with van der Waals surface area (Å²) in [5, 5.41) is 7.95. The van der Waals surface area contributed by atoms with Gasteiger partial charge in [-0.3, -0.25) is 10.00 Å². The van der Waals surface area contributed by atoms with E-state index in [1.54, 1.807) is 18.5 Å². The summed E-state index contributed by atoms with van der Waals surface area (Å²) in [5.41, 5.74) is 4.16. The van der Waals surface area contributed by atoms with Crippen molar-refractivity contribution in [1.82, 2.24) is 25.1 Å². The predicted octanol–water partition coefficient (Wildman–Crippen LogP) is 3.17. The molecule has 8 nitrogen and oxygen atoms in total. The van der Waals surface area contributed by atoms with Crippen molar-refractivity contribution in [3.63, 3.8) is 0 Å². The monoisotopic (exact) mass is 484 g/mol. The molecule has 2 aromatic heterocycles. The smallest absolute Gasteiger partial charge is 0.175 e. The third-order valence-electron chi connectivity index (χ3n) is 5.88. The van der Waals surface area contributed by atoms with Crippen LogP contribution in [0.25, 0.3) is 22.0 Å². The zero-order chi connectivity index (χ0) is 22.1. The Morgan fingerprint density at radius 3 is 2.39 bits per heavy atom. The molecule has 0 atom stereocenters. The fourth-order valence-corrected chi connectivity index (χ4v) is 4.73. The van der Waals surface area contributed by atoms with Gasteiger partial charge in [-0.15, -0.1) is 12.4 Å². The standard InChI is InChI=1S/C23H24N6O2S.ClH/c1-32(30,31)20-5-2-17(3-6-20)15-28-8-10-29(11-9-28)23-21-12-18(19-13-26-27-14-19)4-7-22(21)24-16-25-23;/h2-7,12-14,16H,8-11,15H2,1H3,(H,26,27);1H. The first kappa shape index (κ1) is 23.2. The van der Waals surface area contributed by atoms with Crippen LogP contribution in [0.15, 0.2) is 66.1 Å². The molecule has 0 aliphatic carbocycles. The number of hydrogen-bond donors (Lipinski definition) is 1. The highest BCUT2D eigenvalue weighted by molar-refractivity contribution is 7.90. The second-order valence-corrected chi connectivity index (χ2v) is 10.1. The molecule has 4 aromatic rings. The van der Waals surface area contributed by atoms with Gasteiger partial charge in [-0.05, 0) is 35.4 Å².